The number of carbonyl (C=O) groups excluding carboxylic acids is 5. The Bertz CT molecular complexity index is 2020. The molecule has 384 valence electrons. The molecular formula is C52H79N5O12. The summed E-state index contributed by atoms with van der Waals surface area (Å²) in [5.41, 5.74) is 1.27. The number of aliphatic hydroxyl groups is 2. The van der Waals surface area contributed by atoms with E-state index in [0.717, 1.165) is 18.4 Å². The summed E-state index contributed by atoms with van der Waals surface area (Å²) in [7, 11) is 4.61. The van der Waals surface area contributed by atoms with Crippen LogP contribution in [-0.4, -0.2) is 141 Å². The van der Waals surface area contributed by atoms with Crippen LogP contribution in [0.4, 0.5) is 0 Å². The van der Waals surface area contributed by atoms with Crippen LogP contribution in [0.3, 0.4) is 0 Å². The van der Waals surface area contributed by atoms with E-state index in [-0.39, 0.29) is 60.9 Å². The SMILES string of the molecule is CO[C@H]1C[C@@H]2CC[C@@H](C)C(O)(O2)C(=O)C(=O)N2CCCC[C@H]2C(=O)O[C@H]([C@H](C)C[C@@H]2CC[C@H](n3ncnn3)[C@H](OC)C2)CC(=O)[C@H](C)/C=C(\C)[C@@H](O)[C@@H](OC)C(=O)[C@@H](C)CC(C)/C=C/C=C/C=C/1C. The summed E-state index contributed by atoms with van der Waals surface area (Å²) in [6, 6.07) is -1.24. The number of aliphatic hydroxyl groups excluding tert-OH is 1. The first kappa shape index (κ1) is 55.7. The van der Waals surface area contributed by atoms with Crippen molar-refractivity contribution in [1.29, 1.82) is 0 Å². The third kappa shape index (κ3) is 14.2. The van der Waals surface area contributed by atoms with Crippen LogP contribution >= 0.6 is 0 Å². The second-order valence-electron chi connectivity index (χ2n) is 20.3. The van der Waals surface area contributed by atoms with E-state index in [9.17, 15) is 34.2 Å². The van der Waals surface area contributed by atoms with Crippen molar-refractivity contribution in [3.63, 3.8) is 0 Å². The molecule has 0 radical (unpaired) electrons. The molecule has 4 aliphatic rings. The number of amides is 1. The number of Topliss-reactive ketones (excluding diaryl/α,β-unsaturated/α-hetero) is 3. The van der Waals surface area contributed by atoms with E-state index in [4.69, 9.17) is 23.7 Å². The molecule has 2 N–H and O–H groups in total. The van der Waals surface area contributed by atoms with Gasteiger partial charge in [-0.15, -0.1) is 10.2 Å². The van der Waals surface area contributed by atoms with Crippen molar-refractivity contribution in [1.82, 2.24) is 25.1 Å². The highest BCUT2D eigenvalue weighted by Gasteiger charge is 2.53. The van der Waals surface area contributed by atoms with Gasteiger partial charge >= 0.3 is 5.97 Å². The number of esters is 1. The van der Waals surface area contributed by atoms with Gasteiger partial charge in [0, 0.05) is 58.5 Å². The number of aromatic nitrogens is 4. The number of hydrogen-bond acceptors (Lipinski definition) is 15. The Morgan fingerprint density at radius 3 is 2.32 bits per heavy atom. The Balaban J connectivity index is 1.46. The maximum atomic E-state index is 14.5. The summed E-state index contributed by atoms with van der Waals surface area (Å²) in [4.78, 5) is 73.9. The molecule has 3 fully saturated rings. The molecule has 1 aromatic rings. The van der Waals surface area contributed by atoms with Crippen molar-refractivity contribution in [3.8, 4) is 0 Å². The summed E-state index contributed by atoms with van der Waals surface area (Å²) in [6.07, 6.45) is 13.7. The molecule has 15 atom stereocenters. The van der Waals surface area contributed by atoms with Gasteiger partial charge in [-0.2, -0.15) is 4.80 Å². The number of carbonyl (C=O) groups is 5. The van der Waals surface area contributed by atoms with E-state index in [1.807, 2.05) is 58.1 Å². The zero-order valence-electron chi connectivity index (χ0n) is 42.5. The molecule has 1 amide bonds. The summed E-state index contributed by atoms with van der Waals surface area (Å²) >= 11 is 0. The fraction of sp³-hybridized carbons (Fsp3) is 0.731. The quantitative estimate of drug-likeness (QED) is 0.181. The topological polar surface area (TPSA) is 219 Å². The molecule has 3 aliphatic heterocycles. The Morgan fingerprint density at radius 1 is 0.884 bits per heavy atom. The summed E-state index contributed by atoms with van der Waals surface area (Å²) < 4.78 is 29.9. The molecule has 0 aromatic carbocycles. The molecule has 5 rings (SSSR count). The number of rotatable bonds is 7. The molecule has 17 heteroatoms. The largest absolute Gasteiger partial charge is 0.460 e. The fourth-order valence-corrected chi connectivity index (χ4v) is 10.7. The van der Waals surface area contributed by atoms with E-state index < -0.39 is 77.8 Å². The van der Waals surface area contributed by atoms with Gasteiger partial charge in [-0.1, -0.05) is 71.1 Å². The van der Waals surface area contributed by atoms with E-state index in [0.29, 0.717) is 56.9 Å². The van der Waals surface area contributed by atoms with E-state index in [1.54, 1.807) is 45.9 Å². The molecule has 1 aromatic heterocycles. The van der Waals surface area contributed by atoms with Crippen molar-refractivity contribution in [2.75, 3.05) is 27.9 Å². The van der Waals surface area contributed by atoms with Crippen LogP contribution < -0.4 is 0 Å². The van der Waals surface area contributed by atoms with Gasteiger partial charge in [0.25, 0.3) is 11.7 Å². The van der Waals surface area contributed by atoms with Crippen molar-refractivity contribution >= 4 is 29.2 Å². The van der Waals surface area contributed by atoms with Gasteiger partial charge in [0.1, 0.15) is 30.1 Å². The highest BCUT2D eigenvalue weighted by molar-refractivity contribution is 6.39. The van der Waals surface area contributed by atoms with Gasteiger partial charge in [0.15, 0.2) is 12.1 Å². The maximum Gasteiger partial charge on any atom is 0.329 e. The number of allylic oxidation sites excluding steroid dienone is 6. The maximum absolute atomic E-state index is 14.5. The number of methoxy groups -OCH3 is 3. The van der Waals surface area contributed by atoms with Crippen LogP contribution in [0.2, 0.25) is 0 Å². The van der Waals surface area contributed by atoms with Crippen LogP contribution in [-0.2, 0) is 47.7 Å². The number of fused-ring (bicyclic) bond motifs is 3. The summed E-state index contributed by atoms with van der Waals surface area (Å²) in [5, 5.41) is 35.7. The average molecular weight is 966 g/mol. The van der Waals surface area contributed by atoms with Crippen molar-refractivity contribution in [3.05, 3.63) is 53.9 Å². The van der Waals surface area contributed by atoms with E-state index >= 15 is 0 Å². The standard InChI is InChI=1S/C52H79N5O12/c1-31-16-12-11-13-17-32(2)43(65-8)28-39-21-19-37(7)52(64,69-39)49(61)50(62)56-23-15-14-18-41(56)51(63)68-44(34(4)26-38-20-22-40(45(27-38)66-9)57-54-30-53-55-57)29-42(58)33(3)25-36(6)47(60)48(67-10)46(59)35(5)24-31/h11-13,16-17,25,30-31,33-35,37-41,43-45,47-48,60,64H,14-15,18-24,26-29H2,1-10H3/b13-11+,16-12+,32-17+,36-25+/t31?,33-,34-,35+,37-,38+,39+,40+,41+,43+,44+,45-,47-,48+,52?/m1/s1. The predicted octanol–water partition coefficient (Wildman–Crippen LogP) is 6.05. The molecule has 4 heterocycles. The molecule has 2 saturated heterocycles. The molecule has 1 saturated carbocycles. The number of hydrogen-bond donors (Lipinski definition) is 2. The minimum absolute atomic E-state index is 0.0168. The van der Waals surface area contributed by atoms with Gasteiger partial charge in [0.05, 0.1) is 24.4 Å². The van der Waals surface area contributed by atoms with Crippen LogP contribution in [0.5, 0.6) is 0 Å². The van der Waals surface area contributed by atoms with E-state index in [2.05, 4.69) is 15.4 Å². The van der Waals surface area contributed by atoms with Gasteiger partial charge < -0.3 is 38.8 Å². The van der Waals surface area contributed by atoms with Crippen LogP contribution in [0, 0.1) is 35.5 Å². The second kappa shape index (κ2) is 25.7. The Kier molecular flexibility index (Phi) is 20.8. The van der Waals surface area contributed by atoms with Crippen LogP contribution in [0.15, 0.2) is 53.9 Å². The minimum atomic E-state index is -2.43. The first-order valence-corrected chi connectivity index (χ1v) is 25.0. The number of ether oxygens (including phenoxy) is 5. The Hall–Kier alpha value is -4.26. The minimum Gasteiger partial charge on any atom is -0.460 e. The highest BCUT2D eigenvalue weighted by Crippen LogP contribution is 2.39. The number of piperidine rings is 1. The highest BCUT2D eigenvalue weighted by atomic mass is 16.6. The van der Waals surface area contributed by atoms with Gasteiger partial charge in [-0.05, 0) is 112 Å². The second-order valence-corrected chi connectivity index (χ2v) is 20.3. The summed E-state index contributed by atoms with van der Waals surface area (Å²) in [6.45, 7) is 12.8. The molecule has 0 spiro atoms. The molecular weight excluding hydrogens is 887 g/mol. The monoisotopic (exact) mass is 966 g/mol. The molecule has 2 bridgehead atoms. The van der Waals surface area contributed by atoms with E-state index in [1.165, 1.54) is 18.3 Å². The summed E-state index contributed by atoms with van der Waals surface area (Å²) in [5.74, 6) is -7.94. The zero-order valence-corrected chi connectivity index (χ0v) is 42.5. The first-order valence-electron chi connectivity index (χ1n) is 25.0. The number of cyclic esters (lactones) is 1. The lowest BCUT2D eigenvalue weighted by atomic mass is 9.77. The van der Waals surface area contributed by atoms with Crippen molar-refractivity contribution in [2.24, 2.45) is 35.5 Å². The van der Waals surface area contributed by atoms with Crippen molar-refractivity contribution in [2.45, 2.75) is 180 Å². The van der Waals surface area contributed by atoms with Crippen molar-refractivity contribution < 1.29 is 57.9 Å². The molecule has 69 heavy (non-hydrogen) atoms. The Morgan fingerprint density at radius 2 is 1.64 bits per heavy atom. The average Bonchev–Trinajstić information content (AvgIpc) is 3.88. The smallest absolute Gasteiger partial charge is 0.329 e. The lowest BCUT2D eigenvalue weighted by Crippen LogP contribution is -2.61. The zero-order chi connectivity index (χ0) is 50.6. The lowest BCUT2D eigenvalue weighted by Gasteiger charge is -2.42. The predicted molar refractivity (Wildman–Crippen MR) is 256 cm³/mol. The molecule has 2 unspecified atom stereocenters. The first-order chi connectivity index (χ1) is 32.8. The van der Waals surface area contributed by atoms with Gasteiger partial charge in [-0.25, -0.2) is 4.79 Å². The van der Waals surface area contributed by atoms with Crippen LogP contribution in [0.1, 0.15) is 132 Å². The van der Waals surface area contributed by atoms with Gasteiger partial charge in [0.2, 0.25) is 5.79 Å². The fourth-order valence-electron chi connectivity index (χ4n) is 10.7. The van der Waals surface area contributed by atoms with Gasteiger partial charge in [-0.3, -0.25) is 19.2 Å². The Labute approximate surface area is 408 Å². The third-order valence-electron chi connectivity index (χ3n) is 15.1. The number of tetrazole rings is 1. The number of ketones is 3. The number of nitrogens with zero attached hydrogens (tertiary/aromatic N) is 5. The van der Waals surface area contributed by atoms with Crippen LogP contribution in [0.25, 0.3) is 0 Å². The third-order valence-corrected chi connectivity index (χ3v) is 15.1. The normalized spacial score (nSPS) is 38.8. The molecule has 1 aliphatic carbocycles. The molecule has 17 nitrogen and oxygen atoms in total. The lowest BCUT2D eigenvalue weighted by molar-refractivity contribution is -0.265.